The third-order valence-electron chi connectivity index (χ3n) is 0.805. The molecule has 56 valence electrons. The van der Waals surface area contributed by atoms with Crippen molar-refractivity contribution < 1.29 is 9.47 Å². The van der Waals surface area contributed by atoms with Gasteiger partial charge in [-0.25, -0.2) is 0 Å². The molecule has 0 rings (SSSR count). The largest absolute Gasteiger partial charge is 0.356 e. The van der Waals surface area contributed by atoms with E-state index >= 15 is 0 Å². The van der Waals surface area contributed by atoms with Crippen LogP contribution in [0, 0.1) is 11.3 Å². The summed E-state index contributed by atoms with van der Waals surface area (Å²) in [5, 5.41) is 8.22. The maximum absolute atomic E-state index is 8.22. The number of hydrogen-bond donors (Lipinski definition) is 0. The van der Waals surface area contributed by atoms with Crippen LogP contribution in [0.25, 0.3) is 0 Å². The molecule has 0 aromatic heterocycles. The minimum atomic E-state index is 0.233. The molecule has 0 fully saturated rings. The Kier molecular flexibility index (Phi) is 5.74. The van der Waals surface area contributed by atoms with Crippen molar-refractivity contribution in [3.05, 3.63) is 12.2 Å². The summed E-state index contributed by atoms with van der Waals surface area (Å²) in [6.07, 6.45) is 0. The summed E-state index contributed by atoms with van der Waals surface area (Å²) in [6, 6.07) is 1.87. The maximum atomic E-state index is 8.22. The number of hydrogen-bond acceptors (Lipinski definition) is 3. The minimum absolute atomic E-state index is 0.233. The van der Waals surface area contributed by atoms with E-state index in [2.05, 4.69) is 6.58 Å². The molecule has 0 N–H and O–H groups in total. The molecule has 0 aliphatic carbocycles. The number of ether oxygens (including phenoxy) is 2. The number of rotatable bonds is 5. The van der Waals surface area contributed by atoms with Crippen molar-refractivity contribution in [2.24, 2.45) is 0 Å². The van der Waals surface area contributed by atoms with E-state index in [1.165, 1.54) is 0 Å². The van der Waals surface area contributed by atoms with Crippen molar-refractivity contribution in [2.45, 2.75) is 6.92 Å². The molecule has 10 heavy (non-hydrogen) atoms. The van der Waals surface area contributed by atoms with Gasteiger partial charge in [0.1, 0.15) is 6.79 Å². The lowest BCUT2D eigenvalue weighted by atomic mass is 10.4. The molecule has 0 saturated carbocycles. The Hall–Kier alpha value is -0.850. The summed E-state index contributed by atoms with van der Waals surface area (Å²) in [7, 11) is 0. The van der Waals surface area contributed by atoms with Crippen molar-refractivity contribution in [2.75, 3.05) is 20.0 Å². The standard InChI is InChI=1S/C7H11NO2/c1-3-9-6-10-5-7(2)4-8/h2-3,5-6H2,1H3. The minimum Gasteiger partial charge on any atom is -0.356 e. The highest BCUT2D eigenvalue weighted by atomic mass is 16.7. The van der Waals surface area contributed by atoms with E-state index in [-0.39, 0.29) is 13.4 Å². The first kappa shape index (κ1) is 9.15. The second kappa shape index (κ2) is 6.27. The highest BCUT2D eigenvalue weighted by Crippen LogP contribution is 1.87. The van der Waals surface area contributed by atoms with Gasteiger partial charge in [-0.3, -0.25) is 0 Å². The van der Waals surface area contributed by atoms with Crippen LogP contribution in [-0.4, -0.2) is 20.0 Å². The summed E-state index contributed by atoms with van der Waals surface area (Å²) in [4.78, 5) is 0. The number of nitrogens with zero attached hydrogens (tertiary/aromatic N) is 1. The molecule has 0 unspecified atom stereocenters. The average Bonchev–Trinajstić information content (AvgIpc) is 1.98. The monoisotopic (exact) mass is 141 g/mol. The predicted octanol–water partition coefficient (Wildman–Crippen LogP) is 1.08. The van der Waals surface area contributed by atoms with Gasteiger partial charge in [0.15, 0.2) is 0 Å². The Morgan fingerprint density at radius 3 is 2.80 bits per heavy atom. The quantitative estimate of drug-likeness (QED) is 0.327. The van der Waals surface area contributed by atoms with Crippen molar-refractivity contribution in [3.8, 4) is 6.07 Å². The third-order valence-corrected chi connectivity index (χ3v) is 0.805. The normalized spacial score (nSPS) is 8.80. The molecular weight excluding hydrogens is 130 g/mol. The molecule has 0 atom stereocenters. The summed E-state index contributed by atoms with van der Waals surface area (Å²) in [6.45, 7) is 6.42. The van der Waals surface area contributed by atoms with Crippen molar-refractivity contribution in [3.63, 3.8) is 0 Å². The average molecular weight is 141 g/mol. The van der Waals surface area contributed by atoms with Crippen molar-refractivity contribution in [1.82, 2.24) is 0 Å². The second-order valence-electron chi connectivity index (χ2n) is 1.67. The summed E-state index contributed by atoms with van der Waals surface area (Å²) >= 11 is 0. The molecule has 0 aliphatic rings. The molecule has 0 saturated heterocycles. The molecule has 0 bridgehead atoms. The Labute approximate surface area is 60.9 Å². The van der Waals surface area contributed by atoms with Crippen LogP contribution in [0.15, 0.2) is 12.2 Å². The van der Waals surface area contributed by atoms with Crippen LogP contribution in [0.5, 0.6) is 0 Å². The topological polar surface area (TPSA) is 42.2 Å². The molecule has 0 radical (unpaired) electrons. The fourth-order valence-corrected chi connectivity index (χ4v) is 0.339. The van der Waals surface area contributed by atoms with E-state index in [0.717, 1.165) is 0 Å². The highest BCUT2D eigenvalue weighted by molar-refractivity contribution is 5.15. The van der Waals surface area contributed by atoms with Gasteiger partial charge in [-0.05, 0) is 6.92 Å². The van der Waals surface area contributed by atoms with Gasteiger partial charge in [-0.2, -0.15) is 5.26 Å². The zero-order valence-electron chi connectivity index (χ0n) is 6.09. The fraction of sp³-hybridized carbons (Fsp3) is 0.571. The first-order valence-electron chi connectivity index (χ1n) is 3.04. The first-order valence-corrected chi connectivity index (χ1v) is 3.04. The maximum Gasteiger partial charge on any atom is 0.147 e. The summed E-state index contributed by atoms with van der Waals surface area (Å²) in [5.41, 5.74) is 0.416. The van der Waals surface area contributed by atoms with E-state index in [1.807, 2.05) is 13.0 Å². The molecule has 0 aromatic rings. The Morgan fingerprint density at radius 2 is 2.30 bits per heavy atom. The van der Waals surface area contributed by atoms with Gasteiger partial charge in [0.25, 0.3) is 0 Å². The van der Waals surface area contributed by atoms with Gasteiger partial charge in [0.05, 0.1) is 12.7 Å². The second-order valence-corrected chi connectivity index (χ2v) is 1.67. The Morgan fingerprint density at radius 1 is 1.60 bits per heavy atom. The van der Waals surface area contributed by atoms with E-state index < -0.39 is 0 Å². The molecule has 3 nitrogen and oxygen atoms in total. The summed E-state index contributed by atoms with van der Waals surface area (Å²) < 4.78 is 9.74. The van der Waals surface area contributed by atoms with Crippen LogP contribution in [0.2, 0.25) is 0 Å². The molecule has 0 heterocycles. The Balaban J connectivity index is 3.06. The van der Waals surface area contributed by atoms with E-state index in [4.69, 9.17) is 14.7 Å². The van der Waals surface area contributed by atoms with Gasteiger partial charge in [0, 0.05) is 12.2 Å². The Bertz CT molecular complexity index is 137. The zero-order valence-corrected chi connectivity index (χ0v) is 6.09. The number of nitriles is 1. The fourth-order valence-electron chi connectivity index (χ4n) is 0.339. The van der Waals surface area contributed by atoms with Crippen molar-refractivity contribution >= 4 is 0 Å². The molecular formula is C7H11NO2. The van der Waals surface area contributed by atoms with E-state index in [9.17, 15) is 0 Å². The first-order chi connectivity index (χ1) is 4.81. The lowest BCUT2D eigenvalue weighted by molar-refractivity contribution is -0.0402. The van der Waals surface area contributed by atoms with Crippen LogP contribution >= 0.6 is 0 Å². The third kappa shape index (κ3) is 5.29. The van der Waals surface area contributed by atoms with Crippen LogP contribution in [0.4, 0.5) is 0 Å². The zero-order chi connectivity index (χ0) is 7.82. The van der Waals surface area contributed by atoms with Crippen LogP contribution < -0.4 is 0 Å². The van der Waals surface area contributed by atoms with Gasteiger partial charge in [-0.15, -0.1) is 0 Å². The molecule has 0 spiro atoms. The van der Waals surface area contributed by atoms with Gasteiger partial charge >= 0.3 is 0 Å². The lowest BCUT2D eigenvalue weighted by Gasteiger charge is -2.00. The molecule has 3 heteroatoms. The summed E-state index contributed by atoms with van der Waals surface area (Å²) in [5.74, 6) is 0. The van der Waals surface area contributed by atoms with Gasteiger partial charge in [-0.1, -0.05) is 6.58 Å². The van der Waals surface area contributed by atoms with Gasteiger partial charge in [0.2, 0.25) is 0 Å². The van der Waals surface area contributed by atoms with Crippen LogP contribution in [0.3, 0.4) is 0 Å². The van der Waals surface area contributed by atoms with Crippen molar-refractivity contribution in [1.29, 1.82) is 5.26 Å². The van der Waals surface area contributed by atoms with E-state index in [1.54, 1.807) is 0 Å². The van der Waals surface area contributed by atoms with Gasteiger partial charge < -0.3 is 9.47 Å². The predicted molar refractivity (Wildman–Crippen MR) is 37.2 cm³/mol. The molecule has 0 amide bonds. The van der Waals surface area contributed by atoms with E-state index in [0.29, 0.717) is 12.2 Å². The smallest absolute Gasteiger partial charge is 0.147 e. The van der Waals surface area contributed by atoms with Crippen LogP contribution in [0.1, 0.15) is 6.92 Å². The SMILES string of the molecule is C=C(C#N)COCOCC. The molecule has 0 aromatic carbocycles. The molecule has 0 aliphatic heterocycles. The highest BCUT2D eigenvalue weighted by Gasteiger charge is 1.89. The lowest BCUT2D eigenvalue weighted by Crippen LogP contribution is -2.01. The van der Waals surface area contributed by atoms with Crippen LogP contribution in [-0.2, 0) is 9.47 Å².